The Morgan fingerprint density at radius 3 is 2.17 bits per heavy atom. The summed E-state index contributed by atoms with van der Waals surface area (Å²) in [6, 6.07) is 4.58. The second-order valence-electron chi connectivity index (χ2n) is 5.07. The summed E-state index contributed by atoms with van der Waals surface area (Å²) in [6.07, 6.45) is -4.20. The standard InChI is InChI=1S/C15H18ClF3N2O2/c1-9(16)13(22)21-8-11(14(23)20-2)7-10-3-5-12(6-4-10)15(17,18)19/h3-6,9,11H,7-8H2,1-2H3,(H,20,23)(H,21,22). The van der Waals surface area contributed by atoms with Crippen LogP contribution in [0.3, 0.4) is 0 Å². The first-order chi connectivity index (χ1) is 10.6. The van der Waals surface area contributed by atoms with Crippen LogP contribution in [-0.2, 0) is 22.2 Å². The van der Waals surface area contributed by atoms with Crippen LogP contribution < -0.4 is 10.6 Å². The first-order valence-electron chi connectivity index (χ1n) is 6.94. The van der Waals surface area contributed by atoms with Crippen molar-refractivity contribution in [3.05, 3.63) is 35.4 Å². The van der Waals surface area contributed by atoms with Gasteiger partial charge in [-0.3, -0.25) is 9.59 Å². The molecule has 0 aliphatic carbocycles. The fourth-order valence-corrected chi connectivity index (χ4v) is 2.02. The van der Waals surface area contributed by atoms with Crippen LogP contribution in [0.4, 0.5) is 13.2 Å². The van der Waals surface area contributed by atoms with E-state index in [0.717, 1.165) is 12.1 Å². The number of carbonyl (C=O) groups excluding carboxylic acids is 2. The van der Waals surface area contributed by atoms with Crippen LogP contribution in [-0.4, -0.2) is 30.8 Å². The Bertz CT molecular complexity index is 545. The molecule has 23 heavy (non-hydrogen) atoms. The van der Waals surface area contributed by atoms with Gasteiger partial charge in [0.25, 0.3) is 0 Å². The molecular weight excluding hydrogens is 333 g/mol. The SMILES string of the molecule is CNC(=O)C(CNC(=O)C(C)Cl)Cc1ccc(C(F)(F)F)cc1. The highest BCUT2D eigenvalue weighted by atomic mass is 35.5. The lowest BCUT2D eigenvalue weighted by molar-refractivity contribution is -0.137. The van der Waals surface area contributed by atoms with E-state index < -0.39 is 28.9 Å². The Balaban J connectivity index is 2.77. The van der Waals surface area contributed by atoms with Gasteiger partial charge in [-0.15, -0.1) is 11.6 Å². The third-order valence-corrected chi connectivity index (χ3v) is 3.46. The maximum absolute atomic E-state index is 12.5. The molecule has 0 aromatic heterocycles. The summed E-state index contributed by atoms with van der Waals surface area (Å²) in [5.74, 6) is -1.32. The molecule has 0 aliphatic rings. The molecule has 2 unspecified atom stereocenters. The van der Waals surface area contributed by atoms with Crippen molar-refractivity contribution < 1.29 is 22.8 Å². The van der Waals surface area contributed by atoms with Gasteiger partial charge in [-0.2, -0.15) is 13.2 Å². The monoisotopic (exact) mass is 350 g/mol. The first kappa shape index (κ1) is 19.3. The van der Waals surface area contributed by atoms with Crippen LogP contribution in [0.1, 0.15) is 18.1 Å². The van der Waals surface area contributed by atoms with E-state index in [1.54, 1.807) is 0 Å². The van der Waals surface area contributed by atoms with E-state index in [2.05, 4.69) is 10.6 Å². The Morgan fingerprint density at radius 2 is 1.74 bits per heavy atom. The average molecular weight is 351 g/mol. The van der Waals surface area contributed by atoms with Gasteiger partial charge in [0.2, 0.25) is 11.8 Å². The zero-order valence-electron chi connectivity index (χ0n) is 12.7. The molecule has 0 fully saturated rings. The second-order valence-corrected chi connectivity index (χ2v) is 5.73. The van der Waals surface area contributed by atoms with E-state index in [4.69, 9.17) is 11.6 Å². The Morgan fingerprint density at radius 1 is 1.17 bits per heavy atom. The molecule has 4 nitrogen and oxygen atoms in total. The number of amides is 2. The normalized spacial score (nSPS) is 14.0. The van der Waals surface area contributed by atoms with E-state index in [-0.39, 0.29) is 18.9 Å². The number of halogens is 4. The molecule has 0 spiro atoms. The molecule has 2 atom stereocenters. The number of hydrogen-bond acceptors (Lipinski definition) is 2. The summed E-state index contributed by atoms with van der Waals surface area (Å²) in [5.41, 5.74) is -0.179. The molecule has 2 N–H and O–H groups in total. The number of nitrogens with one attached hydrogen (secondary N) is 2. The van der Waals surface area contributed by atoms with Gasteiger partial charge in [-0.05, 0) is 31.0 Å². The lowest BCUT2D eigenvalue weighted by Crippen LogP contribution is -2.40. The van der Waals surface area contributed by atoms with Gasteiger partial charge in [0, 0.05) is 13.6 Å². The molecule has 0 bridgehead atoms. The number of alkyl halides is 4. The van der Waals surface area contributed by atoms with Gasteiger partial charge in [0.15, 0.2) is 0 Å². The minimum absolute atomic E-state index is 0.0522. The zero-order chi connectivity index (χ0) is 17.6. The number of rotatable bonds is 6. The summed E-state index contributed by atoms with van der Waals surface area (Å²) in [5, 5.41) is 4.28. The first-order valence-corrected chi connectivity index (χ1v) is 7.38. The van der Waals surface area contributed by atoms with Gasteiger partial charge in [-0.1, -0.05) is 12.1 Å². The van der Waals surface area contributed by atoms with Gasteiger partial charge in [0.05, 0.1) is 11.5 Å². The fourth-order valence-electron chi connectivity index (χ4n) is 1.94. The molecule has 0 saturated heterocycles. The summed E-state index contributed by atoms with van der Waals surface area (Å²) in [7, 11) is 1.45. The molecule has 8 heteroatoms. The molecule has 0 radical (unpaired) electrons. The minimum Gasteiger partial charge on any atom is -0.359 e. The number of carbonyl (C=O) groups is 2. The Hall–Kier alpha value is -1.76. The predicted octanol–water partition coefficient (Wildman–Crippen LogP) is 2.35. The Kier molecular flexibility index (Phi) is 6.87. The van der Waals surface area contributed by atoms with Crippen molar-refractivity contribution in [1.82, 2.24) is 10.6 Å². The van der Waals surface area contributed by atoms with E-state index in [1.807, 2.05) is 0 Å². The van der Waals surface area contributed by atoms with E-state index in [1.165, 1.54) is 26.1 Å². The highest BCUT2D eigenvalue weighted by Gasteiger charge is 2.30. The minimum atomic E-state index is -4.40. The van der Waals surface area contributed by atoms with Gasteiger partial charge in [-0.25, -0.2) is 0 Å². The van der Waals surface area contributed by atoms with Crippen molar-refractivity contribution in [1.29, 1.82) is 0 Å². The quantitative estimate of drug-likeness (QED) is 0.774. The van der Waals surface area contributed by atoms with Crippen molar-refractivity contribution in [2.75, 3.05) is 13.6 Å². The molecule has 0 saturated carbocycles. The van der Waals surface area contributed by atoms with E-state index >= 15 is 0 Å². The molecule has 0 heterocycles. The van der Waals surface area contributed by atoms with Crippen molar-refractivity contribution in [2.45, 2.75) is 24.9 Å². The lowest BCUT2D eigenvalue weighted by atomic mass is 9.97. The molecule has 1 aromatic rings. The number of benzene rings is 1. The topological polar surface area (TPSA) is 58.2 Å². The van der Waals surface area contributed by atoms with Crippen LogP contribution in [0.5, 0.6) is 0 Å². The van der Waals surface area contributed by atoms with Crippen molar-refractivity contribution in [3.8, 4) is 0 Å². The van der Waals surface area contributed by atoms with Crippen LogP contribution in [0.2, 0.25) is 0 Å². The molecule has 128 valence electrons. The highest BCUT2D eigenvalue weighted by molar-refractivity contribution is 6.30. The summed E-state index contributed by atoms with van der Waals surface area (Å²) < 4.78 is 37.6. The predicted molar refractivity (Wildman–Crippen MR) is 81.0 cm³/mol. The molecular formula is C15H18ClF3N2O2. The number of hydrogen-bond donors (Lipinski definition) is 2. The molecule has 1 aromatic carbocycles. The van der Waals surface area contributed by atoms with Gasteiger partial charge in [0.1, 0.15) is 5.38 Å². The maximum Gasteiger partial charge on any atom is 0.416 e. The summed E-state index contributed by atoms with van der Waals surface area (Å²) >= 11 is 5.63. The van der Waals surface area contributed by atoms with Crippen LogP contribution in [0.15, 0.2) is 24.3 Å². The summed E-state index contributed by atoms with van der Waals surface area (Å²) in [4.78, 5) is 23.3. The van der Waals surface area contributed by atoms with Crippen LogP contribution in [0.25, 0.3) is 0 Å². The van der Waals surface area contributed by atoms with Crippen LogP contribution >= 0.6 is 11.6 Å². The van der Waals surface area contributed by atoms with E-state index in [9.17, 15) is 22.8 Å². The molecule has 2 amide bonds. The lowest BCUT2D eigenvalue weighted by Gasteiger charge is -2.17. The van der Waals surface area contributed by atoms with Crippen molar-refractivity contribution in [2.24, 2.45) is 5.92 Å². The maximum atomic E-state index is 12.5. The Labute approximate surface area is 137 Å². The largest absolute Gasteiger partial charge is 0.416 e. The van der Waals surface area contributed by atoms with Gasteiger partial charge < -0.3 is 10.6 Å². The highest BCUT2D eigenvalue weighted by Crippen LogP contribution is 2.29. The third kappa shape index (κ3) is 6.09. The van der Waals surface area contributed by atoms with Crippen molar-refractivity contribution in [3.63, 3.8) is 0 Å². The van der Waals surface area contributed by atoms with Gasteiger partial charge >= 0.3 is 6.18 Å². The molecule has 0 aliphatic heterocycles. The average Bonchev–Trinajstić information content (AvgIpc) is 2.49. The zero-order valence-corrected chi connectivity index (χ0v) is 13.5. The van der Waals surface area contributed by atoms with E-state index in [0.29, 0.717) is 5.56 Å². The van der Waals surface area contributed by atoms with Crippen LogP contribution in [0, 0.1) is 5.92 Å². The smallest absolute Gasteiger partial charge is 0.359 e. The summed E-state index contributed by atoms with van der Waals surface area (Å²) in [6.45, 7) is 1.55. The third-order valence-electron chi connectivity index (χ3n) is 3.26. The second kappa shape index (κ2) is 8.19. The fraction of sp³-hybridized carbons (Fsp3) is 0.467. The molecule has 1 rings (SSSR count). The van der Waals surface area contributed by atoms with Crippen molar-refractivity contribution >= 4 is 23.4 Å².